The second-order valence-corrected chi connectivity index (χ2v) is 6.52. The molecule has 0 aromatic heterocycles. The first-order valence-corrected chi connectivity index (χ1v) is 8.20. The second-order valence-electron chi connectivity index (χ2n) is 6.52. The number of benzene rings is 2. The highest BCUT2D eigenvalue weighted by atomic mass is 19.2. The van der Waals surface area contributed by atoms with Crippen LogP contribution in [0.5, 0.6) is 0 Å². The number of hydrogen-bond acceptors (Lipinski definition) is 2. The van der Waals surface area contributed by atoms with Gasteiger partial charge >= 0.3 is 0 Å². The minimum absolute atomic E-state index is 0.0283. The van der Waals surface area contributed by atoms with E-state index in [0.29, 0.717) is 12.0 Å². The molecule has 0 spiro atoms. The molecule has 2 aliphatic rings. The van der Waals surface area contributed by atoms with Crippen LogP contribution in [0.2, 0.25) is 0 Å². The Kier molecular flexibility index (Phi) is 3.81. The van der Waals surface area contributed by atoms with E-state index in [9.17, 15) is 13.6 Å². The molecule has 0 bridgehead atoms. The van der Waals surface area contributed by atoms with E-state index < -0.39 is 11.6 Å². The van der Waals surface area contributed by atoms with Crippen LogP contribution < -0.4 is 10.6 Å². The van der Waals surface area contributed by atoms with Crippen molar-refractivity contribution in [3.8, 4) is 0 Å². The van der Waals surface area contributed by atoms with Crippen molar-refractivity contribution in [2.75, 3.05) is 11.9 Å². The summed E-state index contributed by atoms with van der Waals surface area (Å²) >= 11 is 0. The number of hydrogen-bond donors (Lipinski definition) is 2. The third-order valence-corrected chi connectivity index (χ3v) is 4.86. The summed E-state index contributed by atoms with van der Waals surface area (Å²) < 4.78 is 26.3. The van der Waals surface area contributed by atoms with Gasteiger partial charge < -0.3 is 10.6 Å². The van der Waals surface area contributed by atoms with Crippen LogP contribution in [0.1, 0.15) is 29.0 Å². The van der Waals surface area contributed by atoms with Crippen LogP contribution >= 0.6 is 0 Å². The fraction of sp³-hybridized carbons (Fsp3) is 0.316. The maximum Gasteiger partial charge on any atom is 0.228 e. The van der Waals surface area contributed by atoms with E-state index in [4.69, 9.17) is 0 Å². The molecule has 0 radical (unpaired) electrons. The van der Waals surface area contributed by atoms with Gasteiger partial charge in [-0.2, -0.15) is 0 Å². The normalized spacial score (nSPS) is 21.9. The van der Waals surface area contributed by atoms with E-state index in [1.165, 1.54) is 17.2 Å². The lowest BCUT2D eigenvalue weighted by Crippen LogP contribution is -2.24. The lowest BCUT2D eigenvalue weighted by molar-refractivity contribution is -0.117. The molecule has 2 aromatic carbocycles. The van der Waals surface area contributed by atoms with E-state index in [1.807, 2.05) is 12.1 Å². The minimum atomic E-state index is -0.860. The third-order valence-electron chi connectivity index (χ3n) is 4.86. The lowest BCUT2D eigenvalue weighted by atomic mass is 10.0. The number of nitrogens with one attached hydrogen (secondary N) is 2. The third kappa shape index (κ3) is 2.91. The molecule has 2 aromatic rings. The molecular formula is C19H18F2N2O. The zero-order valence-electron chi connectivity index (χ0n) is 13.1. The largest absolute Gasteiger partial charge is 0.326 e. The van der Waals surface area contributed by atoms with Crippen LogP contribution in [0.4, 0.5) is 14.5 Å². The zero-order chi connectivity index (χ0) is 16.7. The predicted molar refractivity (Wildman–Crippen MR) is 87.7 cm³/mol. The number of halogens is 2. The van der Waals surface area contributed by atoms with E-state index in [0.717, 1.165) is 31.3 Å². The van der Waals surface area contributed by atoms with Crippen LogP contribution in [0.25, 0.3) is 0 Å². The zero-order valence-corrected chi connectivity index (χ0v) is 13.1. The van der Waals surface area contributed by atoms with Gasteiger partial charge in [0.1, 0.15) is 0 Å². The quantitative estimate of drug-likeness (QED) is 0.907. The van der Waals surface area contributed by atoms with Gasteiger partial charge in [-0.1, -0.05) is 12.1 Å². The van der Waals surface area contributed by atoms with Gasteiger partial charge in [-0.3, -0.25) is 4.79 Å². The fourth-order valence-electron chi connectivity index (χ4n) is 3.39. The van der Waals surface area contributed by atoms with E-state index in [2.05, 4.69) is 16.7 Å². The summed E-state index contributed by atoms with van der Waals surface area (Å²) in [4.78, 5) is 12.4. The van der Waals surface area contributed by atoms with Gasteiger partial charge in [0.15, 0.2) is 11.6 Å². The van der Waals surface area contributed by atoms with Crippen molar-refractivity contribution in [3.63, 3.8) is 0 Å². The molecule has 1 saturated carbocycles. The number of fused-ring (bicyclic) bond motifs is 1. The number of carbonyl (C=O) groups is 1. The van der Waals surface area contributed by atoms with E-state index in [-0.39, 0.29) is 17.7 Å². The first-order chi connectivity index (χ1) is 11.6. The summed E-state index contributed by atoms with van der Waals surface area (Å²) in [7, 11) is 0. The van der Waals surface area contributed by atoms with Crippen molar-refractivity contribution >= 4 is 11.6 Å². The molecule has 0 saturated heterocycles. The highest BCUT2D eigenvalue weighted by molar-refractivity contribution is 5.95. The van der Waals surface area contributed by atoms with Crippen LogP contribution in [0, 0.1) is 17.6 Å². The van der Waals surface area contributed by atoms with Gasteiger partial charge in [0.2, 0.25) is 5.91 Å². The first kappa shape index (κ1) is 15.3. The molecule has 1 heterocycles. The number of carbonyl (C=O) groups excluding carboxylic acids is 1. The SMILES string of the molecule is O=C(Nc1ccc2c(c1)CNCC2)[C@H]1C[C@H]1c1ccc(F)c(F)c1. The van der Waals surface area contributed by atoms with Gasteiger partial charge in [0.05, 0.1) is 0 Å². The molecule has 1 aliphatic heterocycles. The highest BCUT2D eigenvalue weighted by Gasteiger charge is 2.44. The molecule has 2 N–H and O–H groups in total. The average molecular weight is 328 g/mol. The molecule has 1 amide bonds. The summed E-state index contributed by atoms with van der Waals surface area (Å²) in [6.45, 7) is 1.80. The Bertz CT molecular complexity index is 806. The Morgan fingerprint density at radius 2 is 1.96 bits per heavy atom. The Morgan fingerprint density at radius 1 is 1.08 bits per heavy atom. The van der Waals surface area contributed by atoms with E-state index >= 15 is 0 Å². The maximum atomic E-state index is 13.3. The second kappa shape index (κ2) is 5.98. The smallest absolute Gasteiger partial charge is 0.228 e. The summed E-state index contributed by atoms with van der Waals surface area (Å²) in [6, 6.07) is 9.87. The fourth-order valence-corrected chi connectivity index (χ4v) is 3.39. The minimum Gasteiger partial charge on any atom is -0.326 e. The molecule has 5 heteroatoms. The first-order valence-electron chi connectivity index (χ1n) is 8.20. The summed E-state index contributed by atoms with van der Waals surface area (Å²) in [5, 5.41) is 6.26. The molecule has 0 unspecified atom stereocenters. The number of rotatable bonds is 3. The Morgan fingerprint density at radius 3 is 2.79 bits per heavy atom. The van der Waals surface area contributed by atoms with Crippen LogP contribution in [-0.2, 0) is 17.8 Å². The predicted octanol–water partition coefficient (Wildman–Crippen LogP) is 3.35. The van der Waals surface area contributed by atoms with Crippen molar-refractivity contribution in [1.82, 2.24) is 5.32 Å². The van der Waals surface area contributed by atoms with Crippen LogP contribution in [0.3, 0.4) is 0 Å². The molecule has 1 aliphatic carbocycles. The monoisotopic (exact) mass is 328 g/mol. The Balaban J connectivity index is 1.43. The van der Waals surface area contributed by atoms with Crippen LogP contribution in [-0.4, -0.2) is 12.5 Å². The van der Waals surface area contributed by atoms with Crippen molar-refractivity contribution in [1.29, 1.82) is 0 Å². The lowest BCUT2D eigenvalue weighted by Gasteiger charge is -2.18. The summed E-state index contributed by atoms with van der Waals surface area (Å²) in [5.74, 6) is -1.99. The molecular weight excluding hydrogens is 310 g/mol. The summed E-state index contributed by atoms with van der Waals surface area (Å²) in [6.07, 6.45) is 1.67. The van der Waals surface area contributed by atoms with Crippen molar-refractivity contribution < 1.29 is 13.6 Å². The number of amides is 1. The molecule has 4 rings (SSSR count). The average Bonchev–Trinajstić information content (AvgIpc) is 3.38. The molecule has 3 nitrogen and oxygen atoms in total. The van der Waals surface area contributed by atoms with Crippen LogP contribution in [0.15, 0.2) is 36.4 Å². The molecule has 2 atom stereocenters. The maximum absolute atomic E-state index is 13.3. The van der Waals surface area contributed by atoms with E-state index in [1.54, 1.807) is 6.07 Å². The van der Waals surface area contributed by atoms with Gasteiger partial charge in [-0.05, 0) is 66.3 Å². The number of anilines is 1. The van der Waals surface area contributed by atoms with Gasteiger partial charge in [0, 0.05) is 18.2 Å². The molecule has 1 fully saturated rings. The van der Waals surface area contributed by atoms with Gasteiger partial charge in [-0.15, -0.1) is 0 Å². The Hall–Kier alpha value is -2.27. The van der Waals surface area contributed by atoms with Crippen molar-refractivity contribution in [3.05, 3.63) is 64.7 Å². The highest BCUT2D eigenvalue weighted by Crippen LogP contribution is 2.48. The molecule has 24 heavy (non-hydrogen) atoms. The van der Waals surface area contributed by atoms with Crippen molar-refractivity contribution in [2.24, 2.45) is 5.92 Å². The summed E-state index contributed by atoms with van der Waals surface area (Å²) in [5.41, 5.74) is 4.01. The van der Waals surface area contributed by atoms with Crippen molar-refractivity contribution in [2.45, 2.75) is 25.3 Å². The Labute approximate surface area is 139 Å². The topological polar surface area (TPSA) is 41.1 Å². The molecule has 124 valence electrons. The van der Waals surface area contributed by atoms with Gasteiger partial charge in [0.25, 0.3) is 0 Å². The van der Waals surface area contributed by atoms with Gasteiger partial charge in [-0.25, -0.2) is 8.78 Å². The standard InChI is InChI=1S/C19H18F2N2O/c20-17-4-2-12(8-18(17)21)15-9-16(15)19(24)23-14-3-1-11-5-6-22-10-13(11)7-14/h1-4,7-8,15-16,22H,5-6,9-10H2,(H,23,24)/t15-,16-/m0/s1.